The second kappa shape index (κ2) is 14.6. The van der Waals surface area contributed by atoms with Crippen LogP contribution < -0.4 is 40.0 Å². The molecule has 198 valence electrons. The molecule has 0 fully saturated rings. The van der Waals surface area contributed by atoms with Crippen LogP contribution >= 0.6 is 0 Å². The summed E-state index contributed by atoms with van der Waals surface area (Å²) < 4.78 is 15.2. The number of hydrogen-bond donors (Lipinski definition) is 3. The Morgan fingerprint density at radius 2 is 1.68 bits per heavy atom. The summed E-state index contributed by atoms with van der Waals surface area (Å²) in [5, 5.41) is 38.5. The van der Waals surface area contributed by atoms with E-state index in [-0.39, 0.29) is 59.9 Å². The Morgan fingerprint density at radius 1 is 1.05 bits per heavy atom. The van der Waals surface area contributed by atoms with Gasteiger partial charge in [0.2, 0.25) is 0 Å². The number of rotatable bonds is 12. The number of halogens is 1. The Kier molecular flexibility index (Phi) is 12.1. The zero-order valence-electron chi connectivity index (χ0n) is 22.3. The van der Waals surface area contributed by atoms with E-state index in [2.05, 4.69) is 10.4 Å². The van der Waals surface area contributed by atoms with Crippen LogP contribution in [0.3, 0.4) is 0 Å². The third kappa shape index (κ3) is 8.74. The molecule has 1 heterocycles. The van der Waals surface area contributed by atoms with Crippen LogP contribution in [-0.4, -0.2) is 44.1 Å². The van der Waals surface area contributed by atoms with Crippen LogP contribution in [0, 0.1) is 12.7 Å². The van der Waals surface area contributed by atoms with E-state index in [0.29, 0.717) is 29.9 Å². The number of carbonyl (C=O) groups excluding carboxylic acids is 2. The second-order valence-corrected chi connectivity index (χ2v) is 9.58. The molecule has 0 aliphatic carbocycles. The number of aryl methyl sites for hydroxylation is 1. The van der Waals surface area contributed by atoms with Gasteiger partial charge in [0.1, 0.15) is 5.82 Å². The molecule has 0 spiro atoms. The summed E-state index contributed by atoms with van der Waals surface area (Å²) in [6, 6.07) is 13.6. The number of nitrogens with one attached hydrogen (secondary N) is 1. The van der Waals surface area contributed by atoms with Gasteiger partial charge in [0.15, 0.2) is 5.69 Å². The van der Waals surface area contributed by atoms with Gasteiger partial charge in [-0.1, -0.05) is 43.7 Å². The number of carboxylic acids is 1. The van der Waals surface area contributed by atoms with Gasteiger partial charge in [-0.2, -0.15) is 5.10 Å². The third-order valence-electron chi connectivity index (χ3n) is 6.12. The number of aliphatic hydroxyl groups is 2. The van der Waals surface area contributed by atoms with Crippen LogP contribution in [0.15, 0.2) is 48.5 Å². The van der Waals surface area contributed by atoms with Crippen molar-refractivity contribution in [1.82, 2.24) is 15.1 Å². The molecule has 3 aromatic rings. The molecule has 3 rings (SSSR count). The zero-order chi connectivity index (χ0) is 27.1. The third-order valence-corrected chi connectivity index (χ3v) is 6.12. The van der Waals surface area contributed by atoms with Crippen molar-refractivity contribution in [3.8, 4) is 5.69 Å². The maximum absolute atomic E-state index is 13.6. The van der Waals surface area contributed by atoms with Gasteiger partial charge in [-0.25, -0.2) is 9.07 Å². The predicted octanol–water partition coefficient (Wildman–Crippen LogP) is -0.438. The van der Waals surface area contributed by atoms with Gasteiger partial charge in [-0.3, -0.25) is 4.79 Å². The first-order valence-electron chi connectivity index (χ1n) is 12.3. The molecule has 38 heavy (non-hydrogen) atoms. The van der Waals surface area contributed by atoms with Gasteiger partial charge in [0.25, 0.3) is 5.91 Å². The van der Waals surface area contributed by atoms with E-state index in [1.54, 1.807) is 16.8 Å². The smallest absolute Gasteiger partial charge is 0.550 e. The Labute approximate surface area is 244 Å². The molecule has 8 nitrogen and oxygen atoms in total. The van der Waals surface area contributed by atoms with Crippen molar-refractivity contribution in [2.75, 3.05) is 0 Å². The predicted molar refractivity (Wildman–Crippen MR) is 135 cm³/mol. The first kappa shape index (κ1) is 31.7. The Hall–Kier alpha value is -2.56. The number of nitrogens with zero attached hydrogens (tertiary/aromatic N) is 2. The van der Waals surface area contributed by atoms with E-state index < -0.39 is 30.4 Å². The van der Waals surface area contributed by atoms with Crippen LogP contribution in [0.4, 0.5) is 4.39 Å². The van der Waals surface area contributed by atoms with Crippen molar-refractivity contribution in [3.05, 3.63) is 82.4 Å². The second-order valence-electron chi connectivity index (χ2n) is 9.58. The first-order chi connectivity index (χ1) is 17.5. The van der Waals surface area contributed by atoms with Gasteiger partial charge in [-0.05, 0) is 61.9 Å². The van der Waals surface area contributed by atoms with Crippen LogP contribution in [0.5, 0.6) is 0 Å². The van der Waals surface area contributed by atoms with E-state index in [9.17, 15) is 29.3 Å². The van der Waals surface area contributed by atoms with Crippen molar-refractivity contribution in [2.45, 2.75) is 71.1 Å². The van der Waals surface area contributed by atoms with Crippen molar-refractivity contribution in [2.24, 2.45) is 0 Å². The zero-order valence-corrected chi connectivity index (χ0v) is 24.3. The van der Waals surface area contributed by atoms with Gasteiger partial charge >= 0.3 is 29.6 Å². The molecule has 0 radical (unpaired) electrons. The van der Waals surface area contributed by atoms with E-state index in [1.807, 2.05) is 45.0 Å². The maximum atomic E-state index is 13.6. The van der Waals surface area contributed by atoms with Gasteiger partial charge in [0, 0.05) is 30.2 Å². The summed E-state index contributed by atoms with van der Waals surface area (Å²) >= 11 is 0. The molecule has 0 aliphatic heterocycles. The molecule has 1 aromatic heterocycles. The Balaban J connectivity index is 0.00000507. The average molecular weight is 534 g/mol. The minimum absolute atomic E-state index is 0. The minimum atomic E-state index is -1.39. The van der Waals surface area contributed by atoms with Gasteiger partial charge < -0.3 is 25.4 Å². The monoisotopic (exact) mass is 533 g/mol. The number of hydrogen-bond acceptors (Lipinski definition) is 6. The minimum Gasteiger partial charge on any atom is -0.550 e. The molecule has 2 atom stereocenters. The number of aromatic nitrogens is 2. The molecule has 2 aromatic carbocycles. The summed E-state index contributed by atoms with van der Waals surface area (Å²) in [5.41, 5.74) is 4.25. The molecule has 0 saturated heterocycles. The Morgan fingerprint density at radius 3 is 2.26 bits per heavy atom. The topological polar surface area (TPSA) is 128 Å². The average Bonchev–Trinajstić information content (AvgIpc) is 3.22. The van der Waals surface area contributed by atoms with E-state index in [4.69, 9.17) is 0 Å². The van der Waals surface area contributed by atoms with Crippen molar-refractivity contribution >= 4 is 11.9 Å². The quantitative estimate of drug-likeness (QED) is 0.271. The van der Waals surface area contributed by atoms with Crippen molar-refractivity contribution in [1.29, 1.82) is 0 Å². The number of aliphatic hydroxyl groups excluding tert-OH is 2. The SMILES string of the molecule is Cc1ccc(CNC(=O)c2nn(-c3ccc(F)cc3)c(CC[C@@H](O)C[C@@H](O)CC(=O)[O-])c2C(C)C)cc1.[Na+]. The van der Waals surface area contributed by atoms with Crippen molar-refractivity contribution < 1.29 is 58.9 Å². The summed E-state index contributed by atoms with van der Waals surface area (Å²) in [4.78, 5) is 24.0. The summed E-state index contributed by atoms with van der Waals surface area (Å²) in [6.07, 6.45) is -2.41. The first-order valence-corrected chi connectivity index (χ1v) is 12.3. The largest absolute Gasteiger partial charge is 1.00 e. The Bertz CT molecular complexity index is 1210. The molecular weight excluding hydrogens is 500 g/mol. The fourth-order valence-corrected chi connectivity index (χ4v) is 4.26. The molecule has 3 N–H and O–H groups in total. The standard InChI is InChI=1S/C28H34FN3O5.Na/c1-17(2)26-24(13-12-22(33)14-23(34)15-25(35)36)32(21-10-8-20(29)9-11-21)31-27(26)28(37)30-16-19-6-4-18(3)5-7-19;/h4-11,17,22-23,33-34H,12-16H2,1-3H3,(H,30,37)(H,35,36);/q;+1/p-1/t22-,23-;/m1./s1. The van der Waals surface area contributed by atoms with E-state index in [0.717, 1.165) is 11.1 Å². The van der Waals surface area contributed by atoms with Crippen LogP contribution in [0.1, 0.15) is 71.9 Å². The summed E-state index contributed by atoms with van der Waals surface area (Å²) in [5.74, 6) is -2.24. The summed E-state index contributed by atoms with van der Waals surface area (Å²) in [6.45, 7) is 6.19. The fraction of sp³-hybridized carbons (Fsp3) is 0.393. The summed E-state index contributed by atoms with van der Waals surface area (Å²) in [7, 11) is 0. The molecule has 0 saturated carbocycles. The molecule has 0 bridgehead atoms. The van der Waals surface area contributed by atoms with Crippen LogP contribution in [-0.2, 0) is 17.8 Å². The molecular formula is C28H33FN3NaO5. The number of carboxylic acid groups (broad SMARTS) is 1. The normalized spacial score (nSPS) is 12.6. The number of aliphatic carboxylic acids is 1. The fourth-order valence-electron chi connectivity index (χ4n) is 4.26. The number of benzene rings is 2. The van der Waals surface area contributed by atoms with E-state index >= 15 is 0 Å². The van der Waals surface area contributed by atoms with Gasteiger partial charge in [-0.15, -0.1) is 0 Å². The van der Waals surface area contributed by atoms with Crippen molar-refractivity contribution in [3.63, 3.8) is 0 Å². The molecule has 0 aliphatic rings. The van der Waals surface area contributed by atoms with E-state index in [1.165, 1.54) is 12.1 Å². The van der Waals surface area contributed by atoms with Crippen LogP contribution in [0.25, 0.3) is 5.69 Å². The maximum Gasteiger partial charge on any atom is 1.00 e. The molecule has 1 amide bonds. The molecule has 0 unspecified atom stereocenters. The van der Waals surface area contributed by atoms with Gasteiger partial charge in [0.05, 0.1) is 17.9 Å². The number of amides is 1. The van der Waals surface area contributed by atoms with Crippen LogP contribution in [0.2, 0.25) is 0 Å². The number of carbonyl (C=O) groups is 2. The molecule has 10 heteroatoms.